The Kier molecular flexibility index (Phi) is 3.27. The molecule has 0 amide bonds. The number of hydrogen-bond acceptors (Lipinski definition) is 5. The summed E-state index contributed by atoms with van der Waals surface area (Å²) >= 11 is 0. The van der Waals surface area contributed by atoms with Gasteiger partial charge in [0.25, 0.3) is 0 Å². The second kappa shape index (κ2) is 4.45. The first kappa shape index (κ1) is 11.0. The van der Waals surface area contributed by atoms with Gasteiger partial charge in [-0.25, -0.2) is 14.3 Å². The van der Waals surface area contributed by atoms with E-state index in [1.54, 1.807) is 0 Å². The van der Waals surface area contributed by atoms with Crippen molar-refractivity contribution in [3.63, 3.8) is 0 Å². The molecule has 0 saturated carbocycles. The largest absolute Gasteiger partial charge is 0.479 e. The molecule has 1 N–H and O–H groups in total. The number of aryl methyl sites for hydroxylation is 1. The van der Waals surface area contributed by atoms with Crippen LogP contribution in [0.3, 0.4) is 0 Å². The van der Waals surface area contributed by atoms with Crippen LogP contribution in [0, 0.1) is 0 Å². The Labute approximate surface area is 85.2 Å². The lowest BCUT2D eigenvalue weighted by Crippen LogP contribution is -2.14. The van der Waals surface area contributed by atoms with Gasteiger partial charge in [-0.15, -0.1) is 0 Å². The first-order valence-corrected chi connectivity index (χ1v) is 4.01. The first-order valence-electron chi connectivity index (χ1n) is 4.01. The zero-order chi connectivity index (χ0) is 11.4. The number of methoxy groups -OCH3 is 1. The molecule has 0 aliphatic heterocycles. The van der Waals surface area contributed by atoms with Crippen LogP contribution in [0.25, 0.3) is 0 Å². The fourth-order valence-corrected chi connectivity index (χ4v) is 0.978. The molecule has 7 nitrogen and oxygen atoms in total. The third-order valence-corrected chi connectivity index (χ3v) is 1.62. The van der Waals surface area contributed by atoms with E-state index < -0.39 is 18.5 Å². The maximum Gasteiger partial charge on any atom is 0.345 e. The van der Waals surface area contributed by atoms with Gasteiger partial charge in [0.2, 0.25) is 5.88 Å². The summed E-state index contributed by atoms with van der Waals surface area (Å²) in [6.07, 6.45) is 1.25. The van der Waals surface area contributed by atoms with Gasteiger partial charge in [0.05, 0.1) is 13.3 Å². The Balaban J connectivity index is 2.89. The highest BCUT2D eigenvalue weighted by molar-refractivity contribution is 5.91. The van der Waals surface area contributed by atoms with Crippen LogP contribution in [0.5, 0.6) is 5.88 Å². The Morgan fingerprint density at radius 2 is 2.27 bits per heavy atom. The monoisotopic (exact) mass is 214 g/mol. The molecule has 0 atom stereocenters. The number of carbonyl (C=O) groups is 2. The minimum absolute atomic E-state index is 0.0734. The number of carboxylic acids is 1. The summed E-state index contributed by atoms with van der Waals surface area (Å²) in [5.74, 6) is -1.68. The summed E-state index contributed by atoms with van der Waals surface area (Å²) in [7, 11) is 2.75. The number of aliphatic carboxylic acids is 1. The average molecular weight is 214 g/mol. The molecule has 1 heterocycles. The number of carboxylic acid groups (broad SMARTS) is 1. The molecule has 15 heavy (non-hydrogen) atoms. The highest BCUT2D eigenvalue weighted by Crippen LogP contribution is 2.17. The van der Waals surface area contributed by atoms with Crippen LogP contribution in [0.1, 0.15) is 10.4 Å². The zero-order valence-electron chi connectivity index (χ0n) is 8.26. The Morgan fingerprint density at radius 3 is 2.80 bits per heavy atom. The van der Waals surface area contributed by atoms with Gasteiger partial charge in [-0.05, 0) is 0 Å². The standard InChI is InChI=1S/C8H10N2O5/c1-10-7(15-4-6(11)12)5(3-9-10)8(13)14-2/h3H,4H2,1-2H3,(H,11,12). The number of nitrogens with zero attached hydrogens (tertiary/aromatic N) is 2. The number of aromatic nitrogens is 2. The maximum absolute atomic E-state index is 11.2. The summed E-state index contributed by atoms with van der Waals surface area (Å²) in [5.41, 5.74) is 0.0984. The Hall–Kier alpha value is -2.05. The fraction of sp³-hybridized carbons (Fsp3) is 0.375. The number of rotatable bonds is 4. The van der Waals surface area contributed by atoms with Crippen LogP contribution >= 0.6 is 0 Å². The van der Waals surface area contributed by atoms with Crippen LogP contribution in [0.15, 0.2) is 6.20 Å². The summed E-state index contributed by atoms with van der Waals surface area (Å²) < 4.78 is 10.6. The number of hydrogen-bond donors (Lipinski definition) is 1. The van der Waals surface area contributed by atoms with Crippen molar-refractivity contribution in [1.29, 1.82) is 0 Å². The van der Waals surface area contributed by atoms with Crippen molar-refractivity contribution >= 4 is 11.9 Å². The van der Waals surface area contributed by atoms with E-state index in [0.29, 0.717) is 0 Å². The van der Waals surface area contributed by atoms with Crippen LogP contribution in [-0.2, 0) is 16.6 Å². The lowest BCUT2D eigenvalue weighted by atomic mass is 10.3. The van der Waals surface area contributed by atoms with Gasteiger partial charge in [0.1, 0.15) is 5.56 Å². The quantitative estimate of drug-likeness (QED) is 0.690. The van der Waals surface area contributed by atoms with Gasteiger partial charge in [-0.2, -0.15) is 5.10 Å². The summed E-state index contributed by atoms with van der Waals surface area (Å²) in [6, 6.07) is 0. The number of ether oxygens (including phenoxy) is 2. The molecule has 0 bridgehead atoms. The van der Waals surface area contributed by atoms with Gasteiger partial charge >= 0.3 is 11.9 Å². The third-order valence-electron chi connectivity index (χ3n) is 1.62. The molecule has 1 aromatic heterocycles. The molecule has 1 aromatic rings. The Morgan fingerprint density at radius 1 is 1.60 bits per heavy atom. The van der Waals surface area contributed by atoms with E-state index in [4.69, 9.17) is 9.84 Å². The molecule has 1 rings (SSSR count). The van der Waals surface area contributed by atoms with E-state index in [9.17, 15) is 9.59 Å². The highest BCUT2D eigenvalue weighted by Gasteiger charge is 2.18. The lowest BCUT2D eigenvalue weighted by molar-refractivity contribution is -0.139. The maximum atomic E-state index is 11.2. The van der Waals surface area contributed by atoms with E-state index in [1.165, 1.54) is 25.0 Å². The summed E-state index contributed by atoms with van der Waals surface area (Å²) in [5, 5.41) is 12.2. The van der Waals surface area contributed by atoms with Crippen molar-refractivity contribution in [1.82, 2.24) is 9.78 Å². The highest BCUT2D eigenvalue weighted by atomic mass is 16.5. The van der Waals surface area contributed by atoms with Crippen molar-refractivity contribution in [3.05, 3.63) is 11.8 Å². The molecular weight excluding hydrogens is 204 g/mol. The molecule has 0 radical (unpaired) electrons. The molecule has 7 heteroatoms. The van der Waals surface area contributed by atoms with Crippen molar-refractivity contribution in [2.24, 2.45) is 7.05 Å². The normalized spacial score (nSPS) is 9.73. The summed E-state index contributed by atoms with van der Waals surface area (Å²) in [4.78, 5) is 21.5. The summed E-state index contributed by atoms with van der Waals surface area (Å²) in [6.45, 7) is -0.538. The second-order valence-electron chi connectivity index (χ2n) is 2.66. The van der Waals surface area contributed by atoms with E-state index in [1.807, 2.05) is 0 Å². The van der Waals surface area contributed by atoms with E-state index in [-0.39, 0.29) is 11.4 Å². The molecule has 0 aliphatic rings. The van der Waals surface area contributed by atoms with Crippen molar-refractivity contribution in [3.8, 4) is 5.88 Å². The number of esters is 1. The van der Waals surface area contributed by atoms with Crippen LogP contribution in [0.4, 0.5) is 0 Å². The smallest absolute Gasteiger partial charge is 0.345 e. The molecular formula is C8H10N2O5. The third kappa shape index (κ3) is 2.46. The molecule has 0 spiro atoms. The van der Waals surface area contributed by atoms with Crippen LogP contribution in [0.2, 0.25) is 0 Å². The van der Waals surface area contributed by atoms with E-state index >= 15 is 0 Å². The Bertz CT molecular complexity index is 384. The number of carbonyl (C=O) groups excluding carboxylic acids is 1. The molecule has 0 saturated heterocycles. The molecule has 0 fully saturated rings. The predicted octanol–water partition coefficient (Wildman–Crippen LogP) is -0.330. The van der Waals surface area contributed by atoms with E-state index in [2.05, 4.69) is 9.84 Å². The zero-order valence-corrected chi connectivity index (χ0v) is 8.26. The first-order chi connectivity index (χ1) is 7.06. The van der Waals surface area contributed by atoms with Gasteiger partial charge in [0.15, 0.2) is 6.61 Å². The van der Waals surface area contributed by atoms with Crippen molar-refractivity contribution in [2.45, 2.75) is 0 Å². The van der Waals surface area contributed by atoms with E-state index in [0.717, 1.165) is 0 Å². The molecule has 0 aromatic carbocycles. The fourth-order valence-electron chi connectivity index (χ4n) is 0.978. The molecule has 82 valence electrons. The van der Waals surface area contributed by atoms with Gasteiger partial charge < -0.3 is 14.6 Å². The molecule has 0 aliphatic carbocycles. The second-order valence-corrected chi connectivity index (χ2v) is 2.66. The van der Waals surface area contributed by atoms with Crippen molar-refractivity contribution in [2.75, 3.05) is 13.7 Å². The minimum Gasteiger partial charge on any atom is -0.479 e. The van der Waals surface area contributed by atoms with Crippen LogP contribution < -0.4 is 4.74 Å². The average Bonchev–Trinajstić information content (AvgIpc) is 2.55. The minimum atomic E-state index is -1.13. The van der Waals surface area contributed by atoms with Gasteiger partial charge in [-0.1, -0.05) is 0 Å². The SMILES string of the molecule is COC(=O)c1cnn(C)c1OCC(=O)O. The lowest BCUT2D eigenvalue weighted by Gasteiger charge is -2.05. The topological polar surface area (TPSA) is 90.6 Å². The van der Waals surface area contributed by atoms with Gasteiger partial charge in [-0.3, -0.25) is 0 Å². The van der Waals surface area contributed by atoms with Crippen molar-refractivity contribution < 1.29 is 24.2 Å². The van der Waals surface area contributed by atoms with Gasteiger partial charge in [0, 0.05) is 7.05 Å². The van der Waals surface area contributed by atoms with Crippen LogP contribution in [-0.4, -0.2) is 40.5 Å². The molecule has 0 unspecified atom stereocenters. The predicted molar refractivity (Wildman–Crippen MR) is 47.7 cm³/mol.